The standard InChI is InChI=1S/C15H12ClNO4/c1-21-13-8-9(6-7-11(13)15(19)20)17-14(18)10-4-2-3-5-12(10)16/h2-8H,1H3,(H,17,18)(H,19,20). The van der Waals surface area contributed by atoms with Crippen LogP contribution >= 0.6 is 11.6 Å². The molecule has 2 aromatic rings. The number of carboxylic acids is 1. The molecule has 0 aliphatic rings. The molecule has 2 rings (SSSR count). The van der Waals surface area contributed by atoms with Crippen LogP contribution in [0.3, 0.4) is 0 Å². The van der Waals surface area contributed by atoms with Gasteiger partial charge in [-0.2, -0.15) is 0 Å². The first-order valence-corrected chi connectivity index (χ1v) is 6.38. The highest BCUT2D eigenvalue weighted by atomic mass is 35.5. The first-order valence-electron chi connectivity index (χ1n) is 6.00. The topological polar surface area (TPSA) is 75.6 Å². The molecule has 6 heteroatoms. The van der Waals surface area contributed by atoms with Gasteiger partial charge >= 0.3 is 5.97 Å². The van der Waals surface area contributed by atoms with Crippen molar-refractivity contribution in [1.82, 2.24) is 0 Å². The van der Waals surface area contributed by atoms with Crippen molar-refractivity contribution in [3.05, 3.63) is 58.6 Å². The van der Waals surface area contributed by atoms with Crippen molar-refractivity contribution in [2.75, 3.05) is 12.4 Å². The molecule has 0 radical (unpaired) electrons. The lowest BCUT2D eigenvalue weighted by atomic mass is 10.1. The van der Waals surface area contributed by atoms with Crippen LogP contribution in [0.4, 0.5) is 5.69 Å². The average Bonchev–Trinajstić information content (AvgIpc) is 2.47. The van der Waals surface area contributed by atoms with E-state index in [2.05, 4.69) is 5.32 Å². The van der Waals surface area contributed by atoms with Crippen molar-refractivity contribution < 1.29 is 19.4 Å². The Morgan fingerprint density at radius 1 is 1.14 bits per heavy atom. The molecule has 0 aliphatic heterocycles. The smallest absolute Gasteiger partial charge is 0.339 e. The molecule has 0 aromatic heterocycles. The Morgan fingerprint density at radius 3 is 2.48 bits per heavy atom. The van der Waals surface area contributed by atoms with Gasteiger partial charge < -0.3 is 15.2 Å². The Morgan fingerprint density at radius 2 is 1.86 bits per heavy atom. The molecule has 2 N–H and O–H groups in total. The van der Waals surface area contributed by atoms with Gasteiger partial charge in [0.2, 0.25) is 0 Å². The number of benzene rings is 2. The first kappa shape index (κ1) is 14.9. The van der Waals surface area contributed by atoms with E-state index in [1.165, 1.54) is 25.3 Å². The van der Waals surface area contributed by atoms with E-state index >= 15 is 0 Å². The molecule has 1 amide bonds. The van der Waals surface area contributed by atoms with Gasteiger partial charge in [-0.15, -0.1) is 0 Å². The molecule has 0 aliphatic carbocycles. The van der Waals surface area contributed by atoms with E-state index in [4.69, 9.17) is 21.4 Å². The zero-order valence-electron chi connectivity index (χ0n) is 11.1. The van der Waals surface area contributed by atoms with Gasteiger partial charge in [-0.3, -0.25) is 4.79 Å². The number of nitrogens with one attached hydrogen (secondary N) is 1. The fraction of sp³-hybridized carbons (Fsp3) is 0.0667. The molecular formula is C15H12ClNO4. The Bertz CT molecular complexity index is 700. The highest BCUT2D eigenvalue weighted by molar-refractivity contribution is 6.34. The number of hydrogen-bond acceptors (Lipinski definition) is 3. The molecule has 0 spiro atoms. The Hall–Kier alpha value is -2.53. The van der Waals surface area contributed by atoms with E-state index in [0.29, 0.717) is 16.3 Å². The molecule has 0 saturated heterocycles. The predicted molar refractivity (Wildman–Crippen MR) is 79.4 cm³/mol. The summed E-state index contributed by atoms with van der Waals surface area (Å²) in [6.45, 7) is 0. The number of halogens is 1. The van der Waals surface area contributed by atoms with Crippen LogP contribution in [0, 0.1) is 0 Å². The lowest BCUT2D eigenvalue weighted by Crippen LogP contribution is -2.13. The van der Waals surface area contributed by atoms with E-state index in [9.17, 15) is 9.59 Å². The number of carboxylic acid groups (broad SMARTS) is 1. The minimum absolute atomic E-state index is 0.0215. The largest absolute Gasteiger partial charge is 0.496 e. The van der Waals surface area contributed by atoms with Crippen LogP contribution < -0.4 is 10.1 Å². The van der Waals surface area contributed by atoms with Gasteiger partial charge in [-0.25, -0.2) is 4.79 Å². The number of hydrogen-bond donors (Lipinski definition) is 2. The summed E-state index contributed by atoms with van der Waals surface area (Å²) in [5.41, 5.74) is 0.774. The summed E-state index contributed by atoms with van der Waals surface area (Å²) in [6, 6.07) is 10.9. The maximum absolute atomic E-state index is 12.1. The van der Waals surface area contributed by atoms with Crippen molar-refractivity contribution in [3.8, 4) is 5.75 Å². The van der Waals surface area contributed by atoms with Gasteiger partial charge in [-0.05, 0) is 24.3 Å². The van der Waals surface area contributed by atoms with Gasteiger partial charge in [0.05, 0.1) is 17.7 Å². The molecule has 0 bridgehead atoms. The summed E-state index contributed by atoms with van der Waals surface area (Å²) in [6.07, 6.45) is 0. The normalized spacial score (nSPS) is 10.0. The molecule has 0 fully saturated rings. The second-order valence-electron chi connectivity index (χ2n) is 4.15. The third kappa shape index (κ3) is 3.32. The summed E-state index contributed by atoms with van der Waals surface area (Å²) in [5.74, 6) is -1.32. The lowest BCUT2D eigenvalue weighted by Gasteiger charge is -2.10. The second kappa shape index (κ2) is 6.28. The van der Waals surface area contributed by atoms with Crippen LogP contribution in [0.1, 0.15) is 20.7 Å². The summed E-state index contributed by atoms with van der Waals surface area (Å²) < 4.78 is 5.00. The van der Waals surface area contributed by atoms with Crippen LogP contribution in [0.15, 0.2) is 42.5 Å². The fourth-order valence-electron chi connectivity index (χ4n) is 1.79. The predicted octanol–water partition coefficient (Wildman–Crippen LogP) is 3.30. The summed E-state index contributed by atoms with van der Waals surface area (Å²) in [5, 5.41) is 12.0. The Balaban J connectivity index is 2.26. The Kier molecular flexibility index (Phi) is 4.45. The van der Waals surface area contributed by atoms with Crippen LogP contribution in [-0.4, -0.2) is 24.1 Å². The third-order valence-corrected chi connectivity index (χ3v) is 3.14. The quantitative estimate of drug-likeness (QED) is 0.908. The van der Waals surface area contributed by atoms with Crippen molar-refractivity contribution in [2.24, 2.45) is 0 Å². The number of methoxy groups -OCH3 is 1. The van der Waals surface area contributed by atoms with E-state index in [1.807, 2.05) is 0 Å². The van der Waals surface area contributed by atoms with Crippen molar-refractivity contribution in [2.45, 2.75) is 0 Å². The summed E-state index contributed by atoms with van der Waals surface area (Å²) >= 11 is 5.95. The highest BCUT2D eigenvalue weighted by Gasteiger charge is 2.14. The molecule has 2 aromatic carbocycles. The number of rotatable bonds is 4. The molecule has 0 unspecified atom stereocenters. The minimum Gasteiger partial charge on any atom is -0.496 e. The highest BCUT2D eigenvalue weighted by Crippen LogP contribution is 2.24. The monoisotopic (exact) mass is 305 g/mol. The van der Waals surface area contributed by atoms with E-state index in [-0.39, 0.29) is 17.2 Å². The van der Waals surface area contributed by atoms with Crippen LogP contribution in [0.5, 0.6) is 5.75 Å². The third-order valence-electron chi connectivity index (χ3n) is 2.81. The number of carbonyl (C=O) groups excluding carboxylic acids is 1. The minimum atomic E-state index is -1.10. The van der Waals surface area contributed by atoms with Crippen molar-refractivity contribution >= 4 is 29.2 Å². The van der Waals surface area contributed by atoms with Gasteiger partial charge in [-0.1, -0.05) is 23.7 Å². The van der Waals surface area contributed by atoms with Gasteiger partial charge in [0.1, 0.15) is 11.3 Å². The summed E-state index contributed by atoms with van der Waals surface area (Å²) in [7, 11) is 1.36. The van der Waals surface area contributed by atoms with E-state index in [1.54, 1.807) is 24.3 Å². The van der Waals surface area contributed by atoms with Crippen LogP contribution in [0.2, 0.25) is 5.02 Å². The summed E-state index contributed by atoms with van der Waals surface area (Å²) in [4.78, 5) is 23.1. The molecule has 5 nitrogen and oxygen atoms in total. The van der Waals surface area contributed by atoms with Crippen LogP contribution in [0.25, 0.3) is 0 Å². The zero-order valence-corrected chi connectivity index (χ0v) is 11.8. The molecular weight excluding hydrogens is 294 g/mol. The molecule has 0 heterocycles. The first-order chi connectivity index (χ1) is 10.0. The van der Waals surface area contributed by atoms with Crippen molar-refractivity contribution in [3.63, 3.8) is 0 Å². The number of aromatic carboxylic acids is 1. The number of amides is 1. The SMILES string of the molecule is COc1cc(NC(=O)c2ccccc2Cl)ccc1C(=O)O. The maximum Gasteiger partial charge on any atom is 0.339 e. The van der Waals surface area contributed by atoms with Gasteiger partial charge in [0.25, 0.3) is 5.91 Å². The molecule has 21 heavy (non-hydrogen) atoms. The van der Waals surface area contributed by atoms with Crippen LogP contribution in [-0.2, 0) is 0 Å². The second-order valence-corrected chi connectivity index (χ2v) is 4.56. The molecule has 0 saturated carbocycles. The maximum atomic E-state index is 12.1. The van der Waals surface area contributed by atoms with E-state index in [0.717, 1.165) is 0 Å². The van der Waals surface area contributed by atoms with Gasteiger partial charge in [0.15, 0.2) is 0 Å². The lowest BCUT2D eigenvalue weighted by molar-refractivity contribution is 0.0693. The molecule has 0 atom stereocenters. The fourth-order valence-corrected chi connectivity index (χ4v) is 2.01. The zero-order chi connectivity index (χ0) is 15.4. The Labute approximate surface area is 126 Å². The van der Waals surface area contributed by atoms with E-state index < -0.39 is 5.97 Å². The number of ether oxygens (including phenoxy) is 1. The average molecular weight is 306 g/mol. The number of carbonyl (C=O) groups is 2. The molecule has 108 valence electrons. The van der Waals surface area contributed by atoms with Crippen molar-refractivity contribution in [1.29, 1.82) is 0 Å². The van der Waals surface area contributed by atoms with Gasteiger partial charge in [0, 0.05) is 11.8 Å². The number of anilines is 1.